The Hall–Kier alpha value is -3.68. The smallest absolute Gasteiger partial charge is 0.196 e. The van der Waals surface area contributed by atoms with Crippen molar-refractivity contribution in [1.29, 1.82) is 0 Å². The van der Waals surface area contributed by atoms with Gasteiger partial charge in [-0.05, 0) is 37.1 Å². The monoisotopic (exact) mass is 472 g/mol. The minimum atomic E-state index is -0.201. The van der Waals surface area contributed by atoms with Crippen LogP contribution in [-0.4, -0.2) is 38.9 Å². The molecule has 0 spiro atoms. The molecular formula is C26H21ClN4O3. The third-order valence-electron chi connectivity index (χ3n) is 6.19. The predicted molar refractivity (Wildman–Crippen MR) is 130 cm³/mol. The van der Waals surface area contributed by atoms with Crippen molar-refractivity contribution in [3.8, 4) is 11.5 Å². The van der Waals surface area contributed by atoms with E-state index in [-0.39, 0.29) is 5.78 Å². The number of benzene rings is 2. The maximum absolute atomic E-state index is 13.5. The highest BCUT2D eigenvalue weighted by Crippen LogP contribution is 2.33. The van der Waals surface area contributed by atoms with Crippen LogP contribution in [0.2, 0.25) is 5.02 Å². The van der Waals surface area contributed by atoms with E-state index in [2.05, 4.69) is 15.0 Å². The number of imidazole rings is 1. The first-order chi connectivity index (χ1) is 16.7. The maximum Gasteiger partial charge on any atom is 0.196 e. The van der Waals surface area contributed by atoms with Crippen LogP contribution in [0.15, 0.2) is 60.9 Å². The highest BCUT2D eigenvalue weighted by atomic mass is 35.5. The van der Waals surface area contributed by atoms with Crippen LogP contribution >= 0.6 is 11.6 Å². The summed E-state index contributed by atoms with van der Waals surface area (Å²) < 4.78 is 11.3. The summed E-state index contributed by atoms with van der Waals surface area (Å²) in [5.74, 6) is 2.27. The highest BCUT2D eigenvalue weighted by molar-refractivity contribution is 6.36. The van der Waals surface area contributed by atoms with E-state index in [1.807, 2.05) is 30.3 Å². The Bertz CT molecular complexity index is 1500. The van der Waals surface area contributed by atoms with Crippen molar-refractivity contribution in [1.82, 2.24) is 19.9 Å². The van der Waals surface area contributed by atoms with E-state index < -0.39 is 0 Å². The number of para-hydroxylation sites is 1. The van der Waals surface area contributed by atoms with Gasteiger partial charge in [-0.3, -0.25) is 4.79 Å². The number of halogens is 1. The third-order valence-corrected chi connectivity index (χ3v) is 6.50. The van der Waals surface area contributed by atoms with Crippen LogP contribution in [0.3, 0.4) is 0 Å². The molecule has 0 unspecified atom stereocenters. The van der Waals surface area contributed by atoms with Crippen molar-refractivity contribution in [2.24, 2.45) is 0 Å². The lowest BCUT2D eigenvalue weighted by Gasteiger charge is -2.19. The average molecular weight is 473 g/mol. The fourth-order valence-corrected chi connectivity index (χ4v) is 4.69. The van der Waals surface area contributed by atoms with Crippen LogP contribution in [0, 0.1) is 0 Å². The van der Waals surface area contributed by atoms with Crippen LogP contribution < -0.4 is 4.74 Å². The van der Waals surface area contributed by atoms with Gasteiger partial charge < -0.3 is 19.4 Å². The topological polar surface area (TPSA) is 92.9 Å². The molecule has 0 bridgehead atoms. The Kier molecular flexibility index (Phi) is 5.28. The molecular weight excluding hydrogens is 452 g/mol. The quantitative estimate of drug-likeness (QED) is 0.305. The molecule has 2 aromatic carbocycles. The summed E-state index contributed by atoms with van der Waals surface area (Å²) in [5.41, 5.74) is 3.02. The van der Waals surface area contributed by atoms with Crippen molar-refractivity contribution in [3.05, 3.63) is 82.9 Å². The van der Waals surface area contributed by atoms with E-state index in [0.717, 1.165) is 42.9 Å². The Morgan fingerprint density at radius 3 is 2.68 bits per heavy atom. The molecule has 0 atom stereocenters. The van der Waals surface area contributed by atoms with Crippen LogP contribution in [0.5, 0.6) is 11.5 Å². The molecule has 170 valence electrons. The van der Waals surface area contributed by atoms with Gasteiger partial charge in [-0.2, -0.15) is 0 Å². The van der Waals surface area contributed by atoms with Gasteiger partial charge in [0, 0.05) is 37.0 Å². The highest BCUT2D eigenvalue weighted by Gasteiger charge is 2.24. The third kappa shape index (κ3) is 3.73. The number of H-pyrrole nitrogens is 2. The van der Waals surface area contributed by atoms with Crippen LogP contribution in [0.1, 0.15) is 40.5 Å². The normalized spacial score (nSPS) is 14.6. The van der Waals surface area contributed by atoms with Gasteiger partial charge in [0.2, 0.25) is 0 Å². The van der Waals surface area contributed by atoms with Gasteiger partial charge in [0.05, 0.1) is 27.7 Å². The van der Waals surface area contributed by atoms with Crippen molar-refractivity contribution in [2.45, 2.75) is 18.8 Å². The van der Waals surface area contributed by atoms with E-state index >= 15 is 0 Å². The largest absolute Gasteiger partial charge is 0.457 e. The molecule has 3 aromatic heterocycles. The first-order valence-electron chi connectivity index (χ1n) is 11.2. The lowest BCUT2D eigenvalue weighted by atomic mass is 10.00. The molecule has 7 nitrogen and oxygen atoms in total. The van der Waals surface area contributed by atoms with Crippen LogP contribution in [-0.2, 0) is 4.74 Å². The van der Waals surface area contributed by atoms with Gasteiger partial charge in [0.1, 0.15) is 28.5 Å². The number of ether oxygens (including phenoxy) is 2. The molecule has 34 heavy (non-hydrogen) atoms. The summed E-state index contributed by atoms with van der Waals surface area (Å²) in [7, 11) is 0. The molecule has 6 rings (SSSR count). The second-order valence-electron chi connectivity index (χ2n) is 8.34. The number of rotatable bonds is 5. The summed E-state index contributed by atoms with van der Waals surface area (Å²) in [6, 6.07) is 14.5. The van der Waals surface area contributed by atoms with Gasteiger partial charge in [0.15, 0.2) is 5.78 Å². The van der Waals surface area contributed by atoms with Crippen molar-refractivity contribution >= 4 is 39.5 Å². The molecule has 0 aliphatic carbocycles. The first-order valence-corrected chi connectivity index (χ1v) is 11.6. The molecule has 4 heterocycles. The second kappa shape index (κ2) is 8.59. The van der Waals surface area contributed by atoms with Gasteiger partial charge in [-0.15, -0.1) is 0 Å². The minimum absolute atomic E-state index is 0.201. The molecule has 5 aromatic rings. The van der Waals surface area contributed by atoms with E-state index in [0.29, 0.717) is 44.6 Å². The summed E-state index contributed by atoms with van der Waals surface area (Å²) in [6.07, 6.45) is 5.26. The molecule has 1 fully saturated rings. The number of hydrogen-bond donors (Lipinski definition) is 2. The summed E-state index contributed by atoms with van der Waals surface area (Å²) in [4.78, 5) is 29.4. The van der Waals surface area contributed by atoms with Crippen molar-refractivity contribution in [3.63, 3.8) is 0 Å². The fourth-order valence-electron chi connectivity index (χ4n) is 4.43. The molecule has 8 heteroatoms. The van der Waals surface area contributed by atoms with Gasteiger partial charge in [-0.25, -0.2) is 9.97 Å². The number of carbonyl (C=O) groups is 1. The number of carbonyl (C=O) groups excluding carboxylic acids is 1. The van der Waals surface area contributed by atoms with Gasteiger partial charge >= 0.3 is 0 Å². The van der Waals surface area contributed by atoms with E-state index in [4.69, 9.17) is 26.1 Å². The predicted octanol–water partition coefficient (Wildman–Crippen LogP) is 6.01. The van der Waals surface area contributed by atoms with Gasteiger partial charge in [-0.1, -0.05) is 29.8 Å². The molecule has 1 aliphatic heterocycles. The van der Waals surface area contributed by atoms with Crippen molar-refractivity contribution in [2.75, 3.05) is 13.2 Å². The zero-order valence-electron chi connectivity index (χ0n) is 18.2. The first kappa shape index (κ1) is 20.9. The Morgan fingerprint density at radius 2 is 1.88 bits per heavy atom. The minimum Gasteiger partial charge on any atom is -0.457 e. The van der Waals surface area contributed by atoms with Crippen LogP contribution in [0.4, 0.5) is 0 Å². The van der Waals surface area contributed by atoms with E-state index in [1.165, 1.54) is 0 Å². The number of pyridine rings is 1. The molecule has 0 amide bonds. The number of hydrogen-bond acceptors (Lipinski definition) is 5. The van der Waals surface area contributed by atoms with E-state index in [9.17, 15) is 4.79 Å². The summed E-state index contributed by atoms with van der Waals surface area (Å²) >= 11 is 6.52. The Morgan fingerprint density at radius 1 is 1.06 bits per heavy atom. The number of ketones is 1. The maximum atomic E-state index is 13.5. The second-order valence-corrected chi connectivity index (χ2v) is 8.75. The zero-order chi connectivity index (χ0) is 23.1. The average Bonchev–Trinajstić information content (AvgIpc) is 3.49. The standard InChI is InChI=1S/C26H21ClN4O3/c27-20-12-17(34-16-4-2-1-3-5-16)6-7-18(20)24(32)19-13-28-26-22(19)23-21(14-29-26)30-25(31-23)15-8-10-33-11-9-15/h1-7,12-15H,8-11H2,(H,28,29)(H,30,31). The number of aromatic nitrogens is 4. The number of fused-ring (bicyclic) bond motifs is 3. The van der Waals surface area contributed by atoms with Gasteiger partial charge in [0.25, 0.3) is 0 Å². The van der Waals surface area contributed by atoms with Crippen LogP contribution in [0.25, 0.3) is 22.1 Å². The fraction of sp³-hybridized carbons (Fsp3) is 0.192. The molecule has 1 aliphatic rings. The summed E-state index contributed by atoms with van der Waals surface area (Å²) in [6.45, 7) is 1.46. The molecule has 0 saturated carbocycles. The summed E-state index contributed by atoms with van der Waals surface area (Å²) in [5, 5.41) is 1.01. The zero-order valence-corrected chi connectivity index (χ0v) is 18.9. The number of nitrogens with one attached hydrogen (secondary N) is 2. The number of aromatic amines is 2. The SMILES string of the molecule is O=C(c1ccc(Oc2ccccc2)cc1Cl)c1c[nH]c2ncc3[nH]c(C4CCOCC4)nc3c12. The molecule has 0 radical (unpaired) electrons. The number of nitrogens with zero attached hydrogens (tertiary/aromatic N) is 2. The van der Waals surface area contributed by atoms with Crippen molar-refractivity contribution < 1.29 is 14.3 Å². The Balaban J connectivity index is 1.36. The lowest BCUT2D eigenvalue weighted by Crippen LogP contribution is -2.15. The lowest BCUT2D eigenvalue weighted by molar-refractivity contribution is 0.0838. The molecule has 1 saturated heterocycles. The van der Waals surface area contributed by atoms with E-state index in [1.54, 1.807) is 30.6 Å². The Labute approximate surface area is 200 Å². The molecule has 2 N–H and O–H groups in total.